The molecule has 0 fully saturated rings. The van der Waals surface area contributed by atoms with Gasteiger partial charge >= 0.3 is 5.97 Å². The number of hydrogen-bond acceptors (Lipinski definition) is 8. The zero-order valence-corrected chi connectivity index (χ0v) is 19.7. The van der Waals surface area contributed by atoms with Crippen LogP contribution in [0.3, 0.4) is 0 Å². The van der Waals surface area contributed by atoms with Crippen LogP contribution in [0, 0.1) is 5.92 Å². The highest BCUT2D eigenvalue weighted by Crippen LogP contribution is 2.33. The number of hydrogen-bond donors (Lipinski definition) is 1. The van der Waals surface area contributed by atoms with E-state index in [1.165, 1.54) is 29.3 Å². The number of benzene rings is 1. The van der Waals surface area contributed by atoms with Crippen molar-refractivity contribution >= 4 is 62.6 Å². The Morgan fingerprint density at radius 3 is 2.75 bits per heavy atom. The molecule has 0 saturated carbocycles. The monoisotopic (exact) mass is 505 g/mol. The summed E-state index contributed by atoms with van der Waals surface area (Å²) in [5, 5.41) is 11.7. The predicted molar refractivity (Wildman–Crippen MR) is 127 cm³/mol. The van der Waals surface area contributed by atoms with Crippen molar-refractivity contribution in [2.75, 3.05) is 5.75 Å². The van der Waals surface area contributed by atoms with Gasteiger partial charge in [-0.25, -0.2) is 9.97 Å². The molecule has 4 aromatic rings. The summed E-state index contributed by atoms with van der Waals surface area (Å²) >= 11 is 14.8. The number of nitrogens with zero attached hydrogens (tertiary/aromatic N) is 3. The van der Waals surface area contributed by atoms with Crippen LogP contribution >= 0.6 is 46.3 Å². The topological polar surface area (TPSA) is 85.2 Å². The lowest BCUT2D eigenvalue weighted by Crippen LogP contribution is -2.27. The summed E-state index contributed by atoms with van der Waals surface area (Å²) in [6, 6.07) is 12.2. The molecule has 0 bridgehead atoms. The third kappa shape index (κ3) is 5.57. The van der Waals surface area contributed by atoms with Gasteiger partial charge in [0, 0.05) is 24.3 Å². The number of pyridine rings is 2. The maximum Gasteiger partial charge on any atom is 0.313 e. The van der Waals surface area contributed by atoms with E-state index < -0.39 is 18.0 Å². The summed E-state index contributed by atoms with van der Waals surface area (Å²) in [4.78, 5) is 26.7. The number of halogens is 2. The van der Waals surface area contributed by atoms with E-state index in [9.17, 15) is 9.90 Å². The molecule has 1 N–H and O–H groups in total. The molecule has 2 atom stereocenters. The average molecular weight is 506 g/mol. The molecule has 164 valence electrons. The molecule has 1 aromatic carbocycles. The van der Waals surface area contributed by atoms with Crippen molar-refractivity contribution < 1.29 is 14.6 Å². The first-order chi connectivity index (χ1) is 15.5. The van der Waals surface area contributed by atoms with E-state index in [1.54, 1.807) is 42.7 Å². The summed E-state index contributed by atoms with van der Waals surface area (Å²) in [5.41, 5.74) is 2.04. The molecule has 10 heteroatoms. The fourth-order valence-corrected chi connectivity index (χ4v) is 5.38. The molecule has 0 saturated heterocycles. The zero-order valence-electron chi connectivity index (χ0n) is 16.5. The molecule has 3 heterocycles. The second-order valence-electron chi connectivity index (χ2n) is 6.81. The number of thioether (sulfide) groups is 1. The Morgan fingerprint density at radius 2 is 2.00 bits per heavy atom. The fraction of sp³-hybridized carbons (Fsp3) is 0.182. The minimum atomic E-state index is -1.08. The first kappa shape index (κ1) is 22.9. The van der Waals surface area contributed by atoms with Crippen molar-refractivity contribution in [3.8, 4) is 0 Å². The lowest BCUT2D eigenvalue weighted by molar-refractivity contribution is -0.153. The summed E-state index contributed by atoms with van der Waals surface area (Å²) in [7, 11) is 0. The van der Waals surface area contributed by atoms with Crippen LogP contribution < -0.4 is 0 Å². The van der Waals surface area contributed by atoms with Gasteiger partial charge in [0.05, 0.1) is 22.1 Å². The van der Waals surface area contributed by atoms with E-state index in [1.807, 2.05) is 12.1 Å². The van der Waals surface area contributed by atoms with Crippen LogP contribution in [0.25, 0.3) is 10.3 Å². The highest BCUT2D eigenvalue weighted by molar-refractivity contribution is 8.01. The average Bonchev–Trinajstić information content (AvgIpc) is 3.23. The molecule has 4 rings (SSSR count). The van der Waals surface area contributed by atoms with Gasteiger partial charge in [-0.2, -0.15) is 0 Å². The van der Waals surface area contributed by atoms with Crippen molar-refractivity contribution in [2.24, 2.45) is 5.92 Å². The quantitative estimate of drug-likeness (QED) is 0.247. The molecule has 0 aliphatic carbocycles. The molecule has 3 aromatic heterocycles. The van der Waals surface area contributed by atoms with E-state index in [2.05, 4.69) is 15.0 Å². The summed E-state index contributed by atoms with van der Waals surface area (Å²) in [5.74, 6) is -1.08. The van der Waals surface area contributed by atoms with E-state index in [0.29, 0.717) is 21.2 Å². The molecular weight excluding hydrogens is 489 g/mol. The Balaban J connectivity index is 1.49. The maximum atomic E-state index is 13.0. The number of aromatic nitrogens is 3. The normalized spacial score (nSPS) is 13.1. The molecular formula is C22H17Cl2N3O3S2. The molecule has 2 unspecified atom stereocenters. The van der Waals surface area contributed by atoms with Crippen LogP contribution in [-0.4, -0.2) is 31.8 Å². The molecule has 0 radical (unpaired) electrons. The van der Waals surface area contributed by atoms with Gasteiger partial charge in [0.25, 0.3) is 0 Å². The minimum Gasteiger partial charge on any atom is -0.460 e. The van der Waals surface area contributed by atoms with Crippen molar-refractivity contribution in [3.05, 3.63) is 82.2 Å². The van der Waals surface area contributed by atoms with Gasteiger partial charge in [0.1, 0.15) is 17.0 Å². The van der Waals surface area contributed by atoms with Crippen molar-refractivity contribution in [2.45, 2.75) is 17.1 Å². The Labute approximate surface area is 202 Å². The number of carbonyl (C=O) groups excluding carboxylic acids is 1. The van der Waals surface area contributed by atoms with Crippen LogP contribution in [0.5, 0.6) is 0 Å². The predicted octanol–water partition coefficient (Wildman–Crippen LogP) is 5.58. The number of thiazole rings is 1. The highest BCUT2D eigenvalue weighted by atomic mass is 35.5. The summed E-state index contributed by atoms with van der Waals surface area (Å²) < 4.78 is 6.27. The molecule has 0 amide bonds. The molecule has 0 aliphatic heterocycles. The maximum absolute atomic E-state index is 13.0. The minimum absolute atomic E-state index is 0.0156. The third-order valence-electron chi connectivity index (χ3n) is 4.61. The largest absolute Gasteiger partial charge is 0.460 e. The lowest BCUT2D eigenvalue weighted by Gasteiger charge is -2.21. The Kier molecular flexibility index (Phi) is 7.59. The first-order valence-electron chi connectivity index (χ1n) is 9.54. The van der Waals surface area contributed by atoms with Gasteiger partial charge in [-0.05, 0) is 41.5 Å². The van der Waals surface area contributed by atoms with Crippen LogP contribution in [0.1, 0.15) is 17.2 Å². The second-order valence-corrected chi connectivity index (χ2v) is 9.87. The molecule has 0 aliphatic rings. The second kappa shape index (κ2) is 10.6. The van der Waals surface area contributed by atoms with Gasteiger partial charge in [-0.3, -0.25) is 9.78 Å². The standard InChI is InChI=1S/C22H17Cl2N3O3S2/c23-16-6-5-13(9-17(16)24)11-30-21(29)15(19(28)14-3-1-7-25-10-14)12-31-22-27-18-4-2-8-26-20(18)32-22/h1-10,15,19,28H,11-12H2. The number of aliphatic hydroxyl groups excluding tert-OH is 1. The zero-order chi connectivity index (χ0) is 22.5. The number of ether oxygens (including phenoxy) is 1. The number of fused-ring (bicyclic) bond motifs is 1. The van der Waals surface area contributed by atoms with Crippen molar-refractivity contribution in [1.29, 1.82) is 0 Å². The Hall–Kier alpha value is -2.23. The van der Waals surface area contributed by atoms with E-state index >= 15 is 0 Å². The SMILES string of the molecule is O=C(OCc1ccc(Cl)c(Cl)c1)C(CSc1nc2cccnc2s1)C(O)c1cccnc1. The van der Waals surface area contributed by atoms with E-state index in [-0.39, 0.29) is 12.4 Å². The van der Waals surface area contributed by atoms with Gasteiger partial charge in [-0.15, -0.1) is 0 Å². The Morgan fingerprint density at radius 1 is 1.16 bits per heavy atom. The van der Waals surface area contributed by atoms with Gasteiger partial charge in [0.15, 0.2) is 4.34 Å². The lowest BCUT2D eigenvalue weighted by atomic mass is 9.99. The van der Waals surface area contributed by atoms with E-state index in [0.717, 1.165) is 14.7 Å². The highest BCUT2D eigenvalue weighted by Gasteiger charge is 2.30. The van der Waals surface area contributed by atoms with Crippen LogP contribution in [-0.2, 0) is 16.1 Å². The fourth-order valence-electron chi connectivity index (χ4n) is 2.93. The summed E-state index contributed by atoms with van der Waals surface area (Å²) in [6.07, 6.45) is 3.78. The van der Waals surface area contributed by atoms with Gasteiger partial charge in [0.2, 0.25) is 0 Å². The van der Waals surface area contributed by atoms with Crippen LogP contribution in [0.2, 0.25) is 10.0 Å². The summed E-state index contributed by atoms with van der Waals surface area (Å²) in [6.45, 7) is 0.0156. The first-order valence-corrected chi connectivity index (χ1v) is 12.1. The number of carbonyl (C=O) groups is 1. The molecule has 32 heavy (non-hydrogen) atoms. The van der Waals surface area contributed by atoms with Crippen LogP contribution in [0.4, 0.5) is 0 Å². The van der Waals surface area contributed by atoms with E-state index in [4.69, 9.17) is 27.9 Å². The smallest absolute Gasteiger partial charge is 0.313 e. The Bertz CT molecular complexity index is 1190. The van der Waals surface area contributed by atoms with Crippen LogP contribution in [0.15, 0.2) is 65.4 Å². The van der Waals surface area contributed by atoms with Crippen molar-refractivity contribution in [3.63, 3.8) is 0 Å². The van der Waals surface area contributed by atoms with Crippen molar-refractivity contribution in [1.82, 2.24) is 15.0 Å². The third-order valence-corrected chi connectivity index (χ3v) is 7.59. The van der Waals surface area contributed by atoms with Gasteiger partial charge in [-0.1, -0.05) is 58.4 Å². The molecule has 0 spiro atoms. The molecule has 6 nitrogen and oxygen atoms in total. The number of esters is 1. The number of rotatable bonds is 8. The number of aliphatic hydroxyl groups is 1. The van der Waals surface area contributed by atoms with Gasteiger partial charge < -0.3 is 9.84 Å².